The van der Waals surface area contributed by atoms with E-state index < -0.39 is 34.2 Å². The van der Waals surface area contributed by atoms with Crippen molar-refractivity contribution in [1.29, 1.82) is 0 Å². The van der Waals surface area contributed by atoms with Crippen molar-refractivity contribution < 1.29 is 40.6 Å². The molecular weight excluding hydrogens is 537 g/mol. The number of benzene rings is 3. The van der Waals surface area contributed by atoms with E-state index in [9.17, 15) is 26.4 Å². The van der Waals surface area contributed by atoms with E-state index >= 15 is 0 Å². The molecule has 0 saturated carbocycles. The SMILES string of the molecule is COc1ccc(N(CC(=O)Nc2cc(C(F)(F)F)ccc2Cl)S(=O)(=O)c2ccc(OC)c(OC)c2)cc1. The van der Waals surface area contributed by atoms with Gasteiger partial charge in [0.05, 0.1) is 48.2 Å². The highest BCUT2D eigenvalue weighted by molar-refractivity contribution is 7.92. The number of amides is 1. The minimum absolute atomic E-state index is 0.0980. The summed E-state index contributed by atoms with van der Waals surface area (Å²) in [6.45, 7) is -0.782. The van der Waals surface area contributed by atoms with Crippen molar-refractivity contribution in [3.05, 3.63) is 71.2 Å². The van der Waals surface area contributed by atoms with Gasteiger partial charge in [0.2, 0.25) is 5.91 Å². The minimum Gasteiger partial charge on any atom is -0.497 e. The molecule has 0 aliphatic rings. The number of halogens is 4. The van der Waals surface area contributed by atoms with Crippen molar-refractivity contribution >= 4 is 38.9 Å². The molecule has 198 valence electrons. The van der Waals surface area contributed by atoms with Crippen LogP contribution in [-0.4, -0.2) is 42.2 Å². The van der Waals surface area contributed by atoms with Crippen LogP contribution < -0.4 is 23.8 Å². The number of carbonyl (C=O) groups is 1. The van der Waals surface area contributed by atoms with E-state index in [1.165, 1.54) is 63.8 Å². The highest BCUT2D eigenvalue weighted by atomic mass is 35.5. The molecule has 0 unspecified atom stereocenters. The second-order valence-electron chi connectivity index (χ2n) is 7.47. The number of hydrogen-bond donors (Lipinski definition) is 1. The molecule has 0 aliphatic heterocycles. The van der Waals surface area contributed by atoms with E-state index in [0.717, 1.165) is 16.4 Å². The smallest absolute Gasteiger partial charge is 0.416 e. The molecule has 1 N–H and O–H groups in total. The molecule has 0 aliphatic carbocycles. The summed E-state index contributed by atoms with van der Waals surface area (Å²) in [6, 6.07) is 12.1. The summed E-state index contributed by atoms with van der Waals surface area (Å²) in [6.07, 6.45) is -4.67. The van der Waals surface area contributed by atoms with E-state index in [1.54, 1.807) is 0 Å². The molecule has 0 saturated heterocycles. The van der Waals surface area contributed by atoms with E-state index in [4.69, 9.17) is 25.8 Å². The number of methoxy groups -OCH3 is 3. The van der Waals surface area contributed by atoms with Crippen molar-refractivity contribution in [2.75, 3.05) is 37.5 Å². The van der Waals surface area contributed by atoms with Crippen LogP contribution in [0, 0.1) is 0 Å². The van der Waals surface area contributed by atoms with Crippen LogP contribution in [0.3, 0.4) is 0 Å². The van der Waals surface area contributed by atoms with Crippen LogP contribution in [0.25, 0.3) is 0 Å². The number of anilines is 2. The van der Waals surface area contributed by atoms with E-state index in [1.807, 2.05) is 0 Å². The Bertz CT molecular complexity index is 1380. The first-order chi connectivity index (χ1) is 17.4. The number of carbonyl (C=O) groups excluding carboxylic acids is 1. The lowest BCUT2D eigenvalue weighted by molar-refractivity contribution is -0.137. The molecule has 0 atom stereocenters. The second kappa shape index (κ2) is 11.2. The number of ether oxygens (including phenoxy) is 3. The van der Waals surface area contributed by atoms with Crippen LogP contribution in [0.2, 0.25) is 5.02 Å². The Morgan fingerprint density at radius 3 is 2.14 bits per heavy atom. The standard InChI is InChI=1S/C24H22ClF3N2O6S/c1-34-17-7-5-16(6-8-17)30(37(32,33)18-9-11-21(35-2)22(13-18)36-3)14-23(31)29-20-12-15(24(26,27)28)4-10-19(20)25/h4-13H,14H2,1-3H3,(H,29,31). The molecule has 0 bridgehead atoms. The Hall–Kier alpha value is -3.64. The molecule has 3 rings (SSSR count). The zero-order valence-corrected chi connectivity index (χ0v) is 21.4. The van der Waals surface area contributed by atoms with Gasteiger partial charge in [-0.2, -0.15) is 13.2 Å². The lowest BCUT2D eigenvalue weighted by Gasteiger charge is -2.25. The predicted molar refractivity (Wildman–Crippen MR) is 132 cm³/mol. The normalized spacial score (nSPS) is 11.5. The van der Waals surface area contributed by atoms with Crippen LogP contribution in [0.5, 0.6) is 17.2 Å². The predicted octanol–water partition coefficient (Wildman–Crippen LogP) is 5.22. The first-order valence-electron chi connectivity index (χ1n) is 10.5. The van der Waals surface area contributed by atoms with Gasteiger partial charge in [0.15, 0.2) is 11.5 Å². The molecule has 8 nitrogen and oxygen atoms in total. The van der Waals surface area contributed by atoms with Crippen LogP contribution in [0.1, 0.15) is 5.56 Å². The quantitative estimate of drug-likeness (QED) is 0.387. The maximum atomic E-state index is 13.6. The molecule has 0 radical (unpaired) electrons. The summed E-state index contributed by atoms with van der Waals surface area (Å²) in [4.78, 5) is 12.7. The lowest BCUT2D eigenvalue weighted by atomic mass is 10.2. The van der Waals surface area contributed by atoms with Gasteiger partial charge in [-0.25, -0.2) is 8.42 Å². The van der Waals surface area contributed by atoms with Crippen LogP contribution in [0.15, 0.2) is 65.6 Å². The van der Waals surface area contributed by atoms with Gasteiger partial charge in [0, 0.05) is 6.07 Å². The number of sulfonamides is 1. The minimum atomic E-state index is -4.67. The van der Waals surface area contributed by atoms with E-state index in [2.05, 4.69) is 5.32 Å². The molecule has 37 heavy (non-hydrogen) atoms. The molecule has 3 aromatic carbocycles. The molecule has 13 heteroatoms. The van der Waals surface area contributed by atoms with Gasteiger partial charge in [-0.1, -0.05) is 11.6 Å². The fraction of sp³-hybridized carbons (Fsp3) is 0.208. The molecular formula is C24H22ClF3N2O6S. The molecule has 0 aromatic heterocycles. The zero-order valence-electron chi connectivity index (χ0n) is 19.8. The van der Waals surface area contributed by atoms with Gasteiger partial charge in [0.25, 0.3) is 10.0 Å². The molecule has 0 heterocycles. The summed E-state index contributed by atoms with van der Waals surface area (Å²) < 4.78 is 82.9. The maximum absolute atomic E-state index is 13.6. The van der Waals surface area contributed by atoms with Crippen molar-refractivity contribution in [2.24, 2.45) is 0 Å². The lowest BCUT2D eigenvalue weighted by Crippen LogP contribution is -2.38. The number of rotatable bonds is 9. The Morgan fingerprint density at radius 1 is 0.919 bits per heavy atom. The van der Waals surface area contributed by atoms with Gasteiger partial charge in [-0.05, 0) is 54.6 Å². The third-order valence-electron chi connectivity index (χ3n) is 5.16. The van der Waals surface area contributed by atoms with Crippen LogP contribution in [-0.2, 0) is 21.0 Å². The monoisotopic (exact) mass is 558 g/mol. The molecule has 3 aromatic rings. The highest BCUT2D eigenvalue weighted by Gasteiger charge is 2.32. The summed E-state index contributed by atoms with van der Waals surface area (Å²) in [5.74, 6) is -0.0682. The summed E-state index contributed by atoms with van der Waals surface area (Å²) in [5.41, 5.74) is -1.25. The molecule has 1 amide bonds. The second-order valence-corrected chi connectivity index (χ2v) is 9.74. The first kappa shape index (κ1) is 27.9. The average Bonchev–Trinajstić information content (AvgIpc) is 2.87. The topological polar surface area (TPSA) is 94.2 Å². The molecule has 0 fully saturated rings. The Balaban J connectivity index is 2.01. The van der Waals surface area contributed by atoms with Crippen molar-refractivity contribution in [2.45, 2.75) is 11.1 Å². The van der Waals surface area contributed by atoms with Gasteiger partial charge >= 0.3 is 6.18 Å². The van der Waals surface area contributed by atoms with Gasteiger partial charge < -0.3 is 19.5 Å². The maximum Gasteiger partial charge on any atom is 0.416 e. The third-order valence-corrected chi connectivity index (χ3v) is 7.26. The Labute approximate surface area is 216 Å². The number of alkyl halides is 3. The van der Waals surface area contributed by atoms with Gasteiger partial charge in [-0.3, -0.25) is 9.10 Å². The van der Waals surface area contributed by atoms with Crippen molar-refractivity contribution in [3.8, 4) is 17.2 Å². The van der Waals surface area contributed by atoms with Crippen LogP contribution >= 0.6 is 11.6 Å². The first-order valence-corrected chi connectivity index (χ1v) is 12.3. The fourth-order valence-electron chi connectivity index (χ4n) is 3.29. The van der Waals surface area contributed by atoms with E-state index in [0.29, 0.717) is 11.8 Å². The summed E-state index contributed by atoms with van der Waals surface area (Å²) in [5, 5.41) is 2.11. The van der Waals surface area contributed by atoms with Gasteiger partial charge in [-0.15, -0.1) is 0 Å². The summed E-state index contributed by atoms with van der Waals surface area (Å²) >= 11 is 5.97. The third kappa shape index (κ3) is 6.38. The number of nitrogens with zero attached hydrogens (tertiary/aromatic N) is 1. The van der Waals surface area contributed by atoms with Gasteiger partial charge in [0.1, 0.15) is 12.3 Å². The Morgan fingerprint density at radius 2 is 1.57 bits per heavy atom. The average molecular weight is 559 g/mol. The number of hydrogen-bond acceptors (Lipinski definition) is 6. The molecule has 0 spiro atoms. The Kier molecular flexibility index (Phi) is 8.44. The summed E-state index contributed by atoms with van der Waals surface area (Å²) in [7, 11) is -0.224. The van der Waals surface area contributed by atoms with E-state index in [-0.39, 0.29) is 32.8 Å². The van der Waals surface area contributed by atoms with Crippen molar-refractivity contribution in [3.63, 3.8) is 0 Å². The van der Waals surface area contributed by atoms with Crippen molar-refractivity contribution in [1.82, 2.24) is 0 Å². The largest absolute Gasteiger partial charge is 0.497 e. The number of nitrogens with one attached hydrogen (secondary N) is 1. The van der Waals surface area contributed by atoms with Crippen LogP contribution in [0.4, 0.5) is 24.5 Å². The zero-order chi connectivity index (χ0) is 27.4. The fourth-order valence-corrected chi connectivity index (χ4v) is 4.89. The highest BCUT2D eigenvalue weighted by Crippen LogP contribution is 2.35.